The summed E-state index contributed by atoms with van der Waals surface area (Å²) in [7, 11) is 0. The molecule has 0 saturated heterocycles. The predicted octanol–water partition coefficient (Wildman–Crippen LogP) is 5.27. The first-order chi connectivity index (χ1) is 9.50. The van der Waals surface area contributed by atoms with Crippen molar-refractivity contribution in [3.05, 3.63) is 68.7 Å². The molecule has 0 aromatic heterocycles. The molecule has 0 atom stereocenters. The Kier molecular flexibility index (Phi) is 4.71. The predicted molar refractivity (Wildman–Crippen MR) is 83.4 cm³/mol. The van der Waals surface area contributed by atoms with E-state index in [9.17, 15) is 9.90 Å². The number of halogens is 3. The first-order valence-electron chi connectivity index (χ1n) is 5.64. The molecule has 2 aromatic rings. The zero-order chi connectivity index (χ0) is 14.7. The average molecular weight is 328 g/mol. The quantitative estimate of drug-likeness (QED) is 0.473. The molecular formula is C15H9Cl3O2. The summed E-state index contributed by atoms with van der Waals surface area (Å²) in [5.74, 6) is -1.07. The highest BCUT2D eigenvalue weighted by Crippen LogP contribution is 2.34. The first kappa shape index (κ1) is 14.9. The summed E-state index contributed by atoms with van der Waals surface area (Å²) in [6, 6.07) is 11.9. The monoisotopic (exact) mass is 326 g/mol. The van der Waals surface area contributed by atoms with Crippen LogP contribution in [0, 0.1) is 0 Å². The van der Waals surface area contributed by atoms with Gasteiger partial charge < -0.3 is 5.11 Å². The lowest BCUT2D eigenvalue weighted by Gasteiger charge is -2.07. The van der Waals surface area contributed by atoms with Crippen molar-refractivity contribution < 1.29 is 9.90 Å². The molecule has 2 rings (SSSR count). The Hall–Kier alpha value is -1.48. The van der Waals surface area contributed by atoms with E-state index in [0.29, 0.717) is 21.2 Å². The molecule has 0 aliphatic heterocycles. The fourth-order valence-corrected chi connectivity index (χ4v) is 2.35. The third kappa shape index (κ3) is 3.15. The summed E-state index contributed by atoms with van der Waals surface area (Å²) < 4.78 is 0. The minimum atomic E-state index is -1.07. The molecule has 20 heavy (non-hydrogen) atoms. The van der Waals surface area contributed by atoms with Crippen LogP contribution in [0.5, 0.6) is 0 Å². The molecule has 0 amide bonds. The molecule has 0 radical (unpaired) electrons. The van der Waals surface area contributed by atoms with Crippen molar-refractivity contribution in [2.45, 2.75) is 0 Å². The van der Waals surface area contributed by atoms with E-state index in [0.717, 1.165) is 0 Å². The van der Waals surface area contributed by atoms with E-state index < -0.39 is 5.97 Å². The van der Waals surface area contributed by atoms with Crippen LogP contribution < -0.4 is 0 Å². The van der Waals surface area contributed by atoms with Gasteiger partial charge in [0.2, 0.25) is 0 Å². The van der Waals surface area contributed by atoms with Gasteiger partial charge in [0.25, 0.3) is 0 Å². The van der Waals surface area contributed by atoms with Crippen LogP contribution >= 0.6 is 34.8 Å². The molecular weight excluding hydrogens is 319 g/mol. The molecule has 0 aliphatic rings. The van der Waals surface area contributed by atoms with E-state index in [1.165, 1.54) is 6.08 Å². The van der Waals surface area contributed by atoms with Crippen LogP contribution in [0.2, 0.25) is 15.1 Å². The van der Waals surface area contributed by atoms with Gasteiger partial charge in [0.1, 0.15) is 0 Å². The van der Waals surface area contributed by atoms with E-state index in [1.54, 1.807) is 36.4 Å². The van der Waals surface area contributed by atoms with Crippen LogP contribution in [-0.4, -0.2) is 11.1 Å². The second-order valence-corrected chi connectivity index (χ2v) is 5.18. The number of benzene rings is 2. The van der Waals surface area contributed by atoms with Crippen LogP contribution in [-0.2, 0) is 4.79 Å². The standard InChI is InChI=1S/C15H9Cl3O2/c16-12-6-7-13(17)14(18)11(12)8-10(15(19)20)9-4-2-1-3-5-9/h1-8H,(H,19,20)/b10-8-. The van der Waals surface area contributed by atoms with Gasteiger partial charge in [-0.3, -0.25) is 0 Å². The number of rotatable bonds is 3. The number of carboxylic acids is 1. The normalized spacial score (nSPS) is 11.4. The Morgan fingerprint density at radius 2 is 1.55 bits per heavy atom. The van der Waals surface area contributed by atoms with Gasteiger partial charge in [0.15, 0.2) is 0 Å². The lowest BCUT2D eigenvalue weighted by atomic mass is 10.0. The molecule has 2 aromatic carbocycles. The molecule has 0 saturated carbocycles. The molecule has 5 heteroatoms. The minimum absolute atomic E-state index is 0.0941. The van der Waals surface area contributed by atoms with Crippen molar-refractivity contribution >= 4 is 52.4 Å². The van der Waals surface area contributed by atoms with Gasteiger partial charge in [-0.25, -0.2) is 4.79 Å². The lowest BCUT2D eigenvalue weighted by molar-refractivity contribution is -0.130. The number of aliphatic carboxylic acids is 1. The van der Waals surface area contributed by atoms with Crippen LogP contribution in [0.25, 0.3) is 11.6 Å². The second-order valence-electron chi connectivity index (χ2n) is 3.99. The second kappa shape index (κ2) is 6.31. The molecule has 0 bridgehead atoms. The molecule has 0 heterocycles. The summed E-state index contributed by atoms with van der Waals surface area (Å²) in [5, 5.41) is 10.2. The Morgan fingerprint density at radius 1 is 0.950 bits per heavy atom. The molecule has 2 nitrogen and oxygen atoms in total. The van der Waals surface area contributed by atoms with Gasteiger partial charge in [-0.05, 0) is 23.8 Å². The molecule has 0 aliphatic carbocycles. The van der Waals surface area contributed by atoms with Crippen molar-refractivity contribution in [3.63, 3.8) is 0 Å². The highest BCUT2D eigenvalue weighted by Gasteiger charge is 2.14. The maximum absolute atomic E-state index is 11.4. The van der Waals surface area contributed by atoms with E-state index in [2.05, 4.69) is 0 Å². The highest BCUT2D eigenvalue weighted by atomic mass is 35.5. The third-order valence-electron chi connectivity index (χ3n) is 2.68. The van der Waals surface area contributed by atoms with Gasteiger partial charge in [0.05, 0.1) is 15.6 Å². The van der Waals surface area contributed by atoms with Gasteiger partial charge >= 0.3 is 5.97 Å². The van der Waals surface area contributed by atoms with Crippen molar-refractivity contribution in [2.75, 3.05) is 0 Å². The summed E-state index contributed by atoms with van der Waals surface area (Å²) in [4.78, 5) is 11.4. The summed E-state index contributed by atoms with van der Waals surface area (Å²) in [5.41, 5.74) is 1.05. The fraction of sp³-hybridized carbons (Fsp3) is 0. The SMILES string of the molecule is O=C(O)/C(=C\c1c(Cl)ccc(Cl)c1Cl)c1ccccc1. The Morgan fingerprint density at radius 3 is 2.15 bits per heavy atom. The van der Waals surface area contributed by atoms with E-state index >= 15 is 0 Å². The fourth-order valence-electron chi connectivity index (χ4n) is 1.71. The van der Waals surface area contributed by atoms with E-state index in [1.807, 2.05) is 6.07 Å². The van der Waals surface area contributed by atoms with Crippen molar-refractivity contribution in [3.8, 4) is 0 Å². The number of carbonyl (C=O) groups is 1. The topological polar surface area (TPSA) is 37.3 Å². The maximum atomic E-state index is 11.4. The van der Waals surface area contributed by atoms with Crippen LogP contribution in [0.3, 0.4) is 0 Å². The highest BCUT2D eigenvalue weighted by molar-refractivity contribution is 6.45. The van der Waals surface area contributed by atoms with Gasteiger partial charge in [-0.15, -0.1) is 0 Å². The summed E-state index contributed by atoms with van der Waals surface area (Å²) in [6.07, 6.45) is 1.42. The van der Waals surface area contributed by atoms with Crippen LogP contribution in [0.4, 0.5) is 0 Å². The Labute approximate surface area is 131 Å². The van der Waals surface area contributed by atoms with Gasteiger partial charge in [0, 0.05) is 10.6 Å². The molecule has 0 fully saturated rings. The molecule has 102 valence electrons. The average Bonchev–Trinajstić information content (AvgIpc) is 2.44. The first-order valence-corrected chi connectivity index (χ1v) is 6.78. The molecule has 0 unspecified atom stereocenters. The van der Waals surface area contributed by atoms with E-state index in [4.69, 9.17) is 34.8 Å². The maximum Gasteiger partial charge on any atom is 0.336 e. The lowest BCUT2D eigenvalue weighted by Crippen LogP contribution is -1.99. The van der Waals surface area contributed by atoms with Crippen molar-refractivity contribution in [1.82, 2.24) is 0 Å². The Balaban J connectivity index is 2.62. The number of carboxylic acid groups (broad SMARTS) is 1. The zero-order valence-electron chi connectivity index (χ0n) is 10.1. The summed E-state index contributed by atoms with van der Waals surface area (Å²) >= 11 is 18.1. The molecule has 1 N–H and O–H groups in total. The minimum Gasteiger partial charge on any atom is -0.478 e. The molecule has 0 spiro atoms. The zero-order valence-corrected chi connectivity index (χ0v) is 12.4. The Bertz CT molecular complexity index is 679. The van der Waals surface area contributed by atoms with Gasteiger partial charge in [-0.2, -0.15) is 0 Å². The number of hydrogen-bond donors (Lipinski definition) is 1. The number of hydrogen-bond acceptors (Lipinski definition) is 1. The smallest absolute Gasteiger partial charge is 0.336 e. The van der Waals surface area contributed by atoms with Crippen molar-refractivity contribution in [2.24, 2.45) is 0 Å². The largest absolute Gasteiger partial charge is 0.478 e. The van der Waals surface area contributed by atoms with Crippen molar-refractivity contribution in [1.29, 1.82) is 0 Å². The third-order valence-corrected chi connectivity index (χ3v) is 3.83. The van der Waals surface area contributed by atoms with Gasteiger partial charge in [-0.1, -0.05) is 65.1 Å². The van der Waals surface area contributed by atoms with Crippen LogP contribution in [0.1, 0.15) is 11.1 Å². The van der Waals surface area contributed by atoms with E-state index in [-0.39, 0.29) is 10.6 Å². The summed E-state index contributed by atoms with van der Waals surface area (Å²) in [6.45, 7) is 0. The van der Waals surface area contributed by atoms with Crippen LogP contribution in [0.15, 0.2) is 42.5 Å².